The number of nitrogens with zero attached hydrogens (tertiary/aromatic N) is 2. The second kappa shape index (κ2) is 7.50. The monoisotopic (exact) mass is 374 g/mol. The van der Waals surface area contributed by atoms with Crippen molar-refractivity contribution < 1.29 is 9.59 Å². The Morgan fingerprint density at radius 2 is 2.00 bits per heavy atom. The van der Waals surface area contributed by atoms with Gasteiger partial charge in [0.05, 0.1) is 4.88 Å². The lowest BCUT2D eigenvalue weighted by molar-refractivity contribution is 0.0944. The molecule has 0 atom stereocenters. The number of anilines is 1. The maximum atomic E-state index is 12.3. The first-order valence-corrected chi connectivity index (χ1v) is 8.71. The first kappa shape index (κ1) is 17.2. The Bertz CT molecular complexity index is 905. The Morgan fingerprint density at radius 1 is 1.20 bits per heavy atom. The summed E-state index contributed by atoms with van der Waals surface area (Å²) < 4.78 is 1.45. The summed E-state index contributed by atoms with van der Waals surface area (Å²) in [6, 6.07) is 12.4. The number of aromatic nitrogens is 2. The number of rotatable bonds is 5. The number of amides is 2. The molecule has 0 radical (unpaired) electrons. The molecule has 25 heavy (non-hydrogen) atoms. The van der Waals surface area contributed by atoms with Crippen LogP contribution in [0.1, 0.15) is 25.7 Å². The number of hydrogen-bond donors (Lipinski definition) is 2. The van der Waals surface area contributed by atoms with Crippen molar-refractivity contribution >= 4 is 40.6 Å². The van der Waals surface area contributed by atoms with Gasteiger partial charge in [-0.05, 0) is 23.1 Å². The van der Waals surface area contributed by atoms with Gasteiger partial charge in [-0.15, -0.1) is 11.3 Å². The molecule has 0 bridgehead atoms. The zero-order valence-electron chi connectivity index (χ0n) is 13.3. The SMILES string of the molecule is Cn1nc(C(=O)NCc2ccccc2Cl)cc1NC(=O)c1cccs1. The smallest absolute Gasteiger partial charge is 0.272 e. The van der Waals surface area contributed by atoms with Gasteiger partial charge in [-0.1, -0.05) is 35.9 Å². The topological polar surface area (TPSA) is 76.0 Å². The third-order valence-electron chi connectivity index (χ3n) is 3.50. The van der Waals surface area contributed by atoms with E-state index < -0.39 is 0 Å². The van der Waals surface area contributed by atoms with Crippen LogP contribution in [-0.2, 0) is 13.6 Å². The van der Waals surface area contributed by atoms with Crippen LogP contribution in [0.15, 0.2) is 47.8 Å². The number of carbonyl (C=O) groups excluding carboxylic acids is 2. The van der Waals surface area contributed by atoms with Crippen molar-refractivity contribution in [3.05, 3.63) is 69.0 Å². The summed E-state index contributed by atoms with van der Waals surface area (Å²) in [6.45, 7) is 0.298. The van der Waals surface area contributed by atoms with E-state index in [2.05, 4.69) is 15.7 Å². The van der Waals surface area contributed by atoms with Gasteiger partial charge in [0, 0.05) is 24.7 Å². The van der Waals surface area contributed by atoms with E-state index in [4.69, 9.17) is 11.6 Å². The molecule has 6 nitrogen and oxygen atoms in total. The third kappa shape index (κ3) is 4.07. The van der Waals surface area contributed by atoms with Crippen molar-refractivity contribution in [2.75, 3.05) is 5.32 Å². The van der Waals surface area contributed by atoms with Crippen LogP contribution in [0.4, 0.5) is 5.82 Å². The van der Waals surface area contributed by atoms with E-state index in [0.29, 0.717) is 22.3 Å². The molecule has 2 heterocycles. The van der Waals surface area contributed by atoms with E-state index in [1.54, 1.807) is 25.2 Å². The first-order valence-electron chi connectivity index (χ1n) is 7.45. The highest BCUT2D eigenvalue weighted by molar-refractivity contribution is 7.12. The van der Waals surface area contributed by atoms with Crippen LogP contribution in [0.3, 0.4) is 0 Å². The summed E-state index contributed by atoms with van der Waals surface area (Å²) in [4.78, 5) is 25.0. The normalized spacial score (nSPS) is 10.5. The number of aryl methyl sites for hydroxylation is 1. The molecule has 3 aromatic rings. The Morgan fingerprint density at radius 3 is 2.72 bits per heavy atom. The lowest BCUT2D eigenvalue weighted by Gasteiger charge is -2.05. The van der Waals surface area contributed by atoms with E-state index in [1.807, 2.05) is 23.6 Å². The van der Waals surface area contributed by atoms with Crippen molar-refractivity contribution in [2.24, 2.45) is 7.05 Å². The molecule has 0 saturated carbocycles. The fraction of sp³-hybridized carbons (Fsp3) is 0.118. The zero-order valence-corrected chi connectivity index (χ0v) is 14.9. The van der Waals surface area contributed by atoms with Gasteiger partial charge in [-0.25, -0.2) is 0 Å². The van der Waals surface area contributed by atoms with Crippen LogP contribution < -0.4 is 10.6 Å². The molecule has 0 spiro atoms. The fourth-order valence-electron chi connectivity index (χ4n) is 2.19. The molecule has 2 amide bonds. The summed E-state index contributed by atoms with van der Waals surface area (Å²) in [6.07, 6.45) is 0. The van der Waals surface area contributed by atoms with E-state index in [1.165, 1.54) is 22.1 Å². The second-order valence-electron chi connectivity index (χ2n) is 5.24. The van der Waals surface area contributed by atoms with Crippen LogP contribution in [0.2, 0.25) is 5.02 Å². The molecule has 0 saturated heterocycles. The van der Waals surface area contributed by atoms with Crippen LogP contribution in [0.5, 0.6) is 0 Å². The molecular weight excluding hydrogens is 360 g/mol. The lowest BCUT2D eigenvalue weighted by atomic mass is 10.2. The number of benzene rings is 1. The highest BCUT2D eigenvalue weighted by Crippen LogP contribution is 2.16. The van der Waals surface area contributed by atoms with Crippen LogP contribution in [0, 0.1) is 0 Å². The quantitative estimate of drug-likeness (QED) is 0.719. The number of carbonyl (C=O) groups is 2. The Balaban J connectivity index is 1.66. The summed E-state index contributed by atoms with van der Waals surface area (Å²) in [5.74, 6) is -0.130. The number of thiophene rings is 1. The van der Waals surface area contributed by atoms with E-state index in [-0.39, 0.29) is 17.5 Å². The summed E-state index contributed by atoms with van der Waals surface area (Å²) in [5.41, 5.74) is 1.04. The molecule has 0 aliphatic heterocycles. The molecule has 0 aliphatic rings. The van der Waals surface area contributed by atoms with Crippen molar-refractivity contribution in [3.63, 3.8) is 0 Å². The molecule has 2 N–H and O–H groups in total. The predicted octanol–water partition coefficient (Wildman–Crippen LogP) is 3.32. The van der Waals surface area contributed by atoms with Crippen molar-refractivity contribution in [1.82, 2.24) is 15.1 Å². The second-order valence-corrected chi connectivity index (χ2v) is 6.60. The van der Waals surface area contributed by atoms with Gasteiger partial charge >= 0.3 is 0 Å². The number of nitrogens with one attached hydrogen (secondary N) is 2. The lowest BCUT2D eigenvalue weighted by Crippen LogP contribution is -2.23. The number of hydrogen-bond acceptors (Lipinski definition) is 4. The minimum Gasteiger partial charge on any atom is -0.347 e. The Kier molecular flexibility index (Phi) is 5.16. The molecule has 0 fully saturated rings. The summed E-state index contributed by atoms with van der Waals surface area (Å²) in [5, 5.41) is 12.1. The molecule has 0 unspecified atom stereocenters. The van der Waals surface area contributed by atoms with Crippen molar-refractivity contribution in [3.8, 4) is 0 Å². The highest BCUT2D eigenvalue weighted by Gasteiger charge is 2.15. The van der Waals surface area contributed by atoms with Crippen molar-refractivity contribution in [2.45, 2.75) is 6.54 Å². The van der Waals surface area contributed by atoms with Gasteiger partial charge in [0.2, 0.25) is 0 Å². The fourth-order valence-corrected chi connectivity index (χ4v) is 3.01. The highest BCUT2D eigenvalue weighted by atomic mass is 35.5. The van der Waals surface area contributed by atoms with E-state index in [0.717, 1.165) is 5.56 Å². The minimum absolute atomic E-state index is 0.219. The largest absolute Gasteiger partial charge is 0.347 e. The predicted molar refractivity (Wildman–Crippen MR) is 98.1 cm³/mol. The van der Waals surface area contributed by atoms with Gasteiger partial charge in [0.25, 0.3) is 11.8 Å². The van der Waals surface area contributed by atoms with Crippen LogP contribution in [-0.4, -0.2) is 21.6 Å². The standard InChI is InChI=1S/C17H15ClN4O2S/c1-22-15(20-17(24)14-7-4-8-25-14)9-13(21-22)16(23)19-10-11-5-2-3-6-12(11)18/h2-9H,10H2,1H3,(H,19,23)(H,20,24). The maximum Gasteiger partial charge on any atom is 0.272 e. The molecule has 3 rings (SSSR count). The Labute approximate surface area is 153 Å². The summed E-state index contributed by atoms with van der Waals surface area (Å²) in [7, 11) is 1.66. The third-order valence-corrected chi connectivity index (χ3v) is 4.73. The molecule has 1 aromatic carbocycles. The van der Waals surface area contributed by atoms with Crippen molar-refractivity contribution in [1.29, 1.82) is 0 Å². The van der Waals surface area contributed by atoms with E-state index >= 15 is 0 Å². The van der Waals surface area contributed by atoms with Crippen LogP contribution in [0.25, 0.3) is 0 Å². The number of halogens is 1. The Hall–Kier alpha value is -2.64. The summed E-state index contributed by atoms with van der Waals surface area (Å²) >= 11 is 7.41. The average Bonchev–Trinajstić information content (AvgIpc) is 3.24. The minimum atomic E-state index is -0.341. The molecule has 128 valence electrons. The molecule has 0 aliphatic carbocycles. The van der Waals surface area contributed by atoms with Gasteiger partial charge in [0.1, 0.15) is 5.82 Å². The van der Waals surface area contributed by atoms with Crippen LogP contribution >= 0.6 is 22.9 Å². The van der Waals surface area contributed by atoms with E-state index in [9.17, 15) is 9.59 Å². The van der Waals surface area contributed by atoms with Gasteiger partial charge in [-0.3, -0.25) is 14.3 Å². The van der Waals surface area contributed by atoms with Gasteiger partial charge < -0.3 is 10.6 Å². The van der Waals surface area contributed by atoms with Gasteiger partial charge in [-0.2, -0.15) is 5.10 Å². The zero-order chi connectivity index (χ0) is 17.8. The molecule has 2 aromatic heterocycles. The molecular formula is C17H15ClN4O2S. The first-order chi connectivity index (χ1) is 12.0. The average molecular weight is 375 g/mol. The van der Waals surface area contributed by atoms with Gasteiger partial charge in [0.15, 0.2) is 5.69 Å². The maximum absolute atomic E-state index is 12.3. The molecule has 8 heteroatoms.